The zero-order valence-corrected chi connectivity index (χ0v) is 12.8. The minimum absolute atomic E-state index is 0.380. The predicted octanol–water partition coefficient (Wildman–Crippen LogP) is 3.74. The van der Waals surface area contributed by atoms with Crippen molar-refractivity contribution in [3.8, 4) is 6.07 Å². The van der Waals surface area contributed by atoms with Gasteiger partial charge < -0.3 is 10.6 Å². The van der Waals surface area contributed by atoms with Gasteiger partial charge in [-0.1, -0.05) is 13.8 Å². The first-order valence-electron chi connectivity index (χ1n) is 7.41. The molecule has 1 fully saturated rings. The van der Waals surface area contributed by atoms with Crippen LogP contribution in [0.15, 0.2) is 18.2 Å². The Balaban J connectivity index is 2.12. The van der Waals surface area contributed by atoms with Gasteiger partial charge in [0.05, 0.1) is 12.5 Å². The van der Waals surface area contributed by atoms with Gasteiger partial charge in [0.15, 0.2) is 0 Å². The SMILES string of the molecule is CN(c1ccc(N)c(CC#N)c1)C1CCC(C)(C)CC1. The molecule has 0 radical (unpaired) electrons. The van der Waals surface area contributed by atoms with Crippen molar-refractivity contribution in [3.05, 3.63) is 23.8 Å². The monoisotopic (exact) mass is 271 g/mol. The molecular formula is C17H25N3. The van der Waals surface area contributed by atoms with Gasteiger partial charge in [-0.3, -0.25) is 0 Å². The molecule has 1 aliphatic rings. The second kappa shape index (κ2) is 5.75. The first-order chi connectivity index (χ1) is 9.43. The summed E-state index contributed by atoms with van der Waals surface area (Å²) in [4.78, 5) is 2.36. The maximum Gasteiger partial charge on any atom is 0.0670 e. The summed E-state index contributed by atoms with van der Waals surface area (Å²) in [5.41, 5.74) is 9.24. The van der Waals surface area contributed by atoms with Crippen molar-refractivity contribution in [2.75, 3.05) is 17.7 Å². The molecule has 0 heterocycles. The molecule has 0 bridgehead atoms. The summed E-state index contributed by atoms with van der Waals surface area (Å²) in [6.45, 7) is 4.72. The van der Waals surface area contributed by atoms with E-state index in [1.54, 1.807) is 0 Å². The van der Waals surface area contributed by atoms with Crippen molar-refractivity contribution in [2.45, 2.75) is 52.0 Å². The van der Waals surface area contributed by atoms with Gasteiger partial charge in [0.1, 0.15) is 0 Å². The van der Waals surface area contributed by atoms with E-state index in [1.165, 1.54) is 31.4 Å². The predicted molar refractivity (Wildman–Crippen MR) is 84.6 cm³/mol. The molecule has 2 N–H and O–H groups in total. The van der Waals surface area contributed by atoms with Gasteiger partial charge in [0, 0.05) is 24.5 Å². The molecule has 0 aliphatic heterocycles. The maximum absolute atomic E-state index is 8.86. The number of nitrogens with two attached hydrogens (primary N) is 1. The van der Waals surface area contributed by atoms with Crippen molar-refractivity contribution in [1.82, 2.24) is 0 Å². The van der Waals surface area contributed by atoms with E-state index < -0.39 is 0 Å². The lowest BCUT2D eigenvalue weighted by Crippen LogP contribution is -2.37. The van der Waals surface area contributed by atoms with E-state index in [2.05, 4.69) is 44.0 Å². The van der Waals surface area contributed by atoms with Crippen LogP contribution in [0.4, 0.5) is 11.4 Å². The van der Waals surface area contributed by atoms with Crippen LogP contribution < -0.4 is 10.6 Å². The highest BCUT2D eigenvalue weighted by atomic mass is 15.1. The van der Waals surface area contributed by atoms with Crippen LogP contribution in [-0.2, 0) is 6.42 Å². The Hall–Kier alpha value is -1.69. The second-order valence-electron chi connectivity index (χ2n) is 6.72. The van der Waals surface area contributed by atoms with Gasteiger partial charge >= 0.3 is 0 Å². The largest absolute Gasteiger partial charge is 0.398 e. The van der Waals surface area contributed by atoms with Crippen molar-refractivity contribution in [1.29, 1.82) is 5.26 Å². The van der Waals surface area contributed by atoms with Gasteiger partial charge in [-0.25, -0.2) is 0 Å². The molecule has 1 aromatic rings. The van der Waals surface area contributed by atoms with E-state index in [-0.39, 0.29) is 0 Å². The van der Waals surface area contributed by atoms with E-state index in [0.717, 1.165) is 5.56 Å². The summed E-state index contributed by atoms with van der Waals surface area (Å²) in [6.07, 6.45) is 5.41. The fourth-order valence-electron chi connectivity index (χ4n) is 3.03. The van der Waals surface area contributed by atoms with E-state index in [4.69, 9.17) is 11.0 Å². The number of benzene rings is 1. The van der Waals surface area contributed by atoms with Crippen LogP contribution in [0.3, 0.4) is 0 Å². The van der Waals surface area contributed by atoms with Gasteiger partial charge in [0.25, 0.3) is 0 Å². The molecule has 0 atom stereocenters. The molecule has 1 saturated carbocycles. The Kier molecular flexibility index (Phi) is 4.23. The van der Waals surface area contributed by atoms with Gasteiger partial charge in [0.2, 0.25) is 0 Å². The van der Waals surface area contributed by atoms with E-state index in [1.807, 2.05) is 6.07 Å². The Bertz CT molecular complexity index is 503. The van der Waals surface area contributed by atoms with Crippen LogP contribution in [0.25, 0.3) is 0 Å². The second-order valence-corrected chi connectivity index (χ2v) is 6.72. The smallest absolute Gasteiger partial charge is 0.0670 e. The van der Waals surface area contributed by atoms with E-state index >= 15 is 0 Å². The highest BCUT2D eigenvalue weighted by molar-refractivity contribution is 5.59. The van der Waals surface area contributed by atoms with Gasteiger partial charge in [-0.05, 0) is 54.9 Å². The minimum atomic E-state index is 0.380. The van der Waals surface area contributed by atoms with Crippen LogP contribution in [-0.4, -0.2) is 13.1 Å². The molecule has 0 amide bonds. The molecule has 108 valence electrons. The van der Waals surface area contributed by atoms with Gasteiger partial charge in [-0.2, -0.15) is 5.26 Å². The normalized spacial score (nSPS) is 18.5. The summed E-state index contributed by atoms with van der Waals surface area (Å²) < 4.78 is 0. The van der Waals surface area contributed by atoms with Gasteiger partial charge in [-0.15, -0.1) is 0 Å². The topological polar surface area (TPSA) is 53.0 Å². The summed E-state index contributed by atoms with van der Waals surface area (Å²) in [5, 5.41) is 8.86. The number of nitriles is 1. The third-order valence-corrected chi connectivity index (χ3v) is 4.66. The average molecular weight is 271 g/mol. The number of nitrogen functional groups attached to an aromatic ring is 1. The maximum atomic E-state index is 8.86. The molecule has 1 aromatic carbocycles. The molecule has 0 unspecified atom stereocenters. The molecule has 1 aliphatic carbocycles. The Morgan fingerprint density at radius 3 is 2.60 bits per heavy atom. The number of rotatable bonds is 3. The lowest BCUT2D eigenvalue weighted by molar-refractivity contribution is 0.222. The fourth-order valence-corrected chi connectivity index (χ4v) is 3.03. The van der Waals surface area contributed by atoms with Crippen molar-refractivity contribution in [3.63, 3.8) is 0 Å². The third kappa shape index (κ3) is 3.25. The van der Waals surface area contributed by atoms with Crippen LogP contribution in [0, 0.1) is 16.7 Å². The first kappa shape index (κ1) is 14.7. The Labute approximate surface area is 122 Å². The molecule has 0 spiro atoms. The number of anilines is 2. The molecular weight excluding hydrogens is 246 g/mol. The molecule has 0 saturated heterocycles. The standard InChI is InChI=1S/C17H25N3/c1-17(2)9-6-14(7-10-17)20(3)15-4-5-16(19)13(12-15)8-11-18/h4-5,12,14H,6-10,19H2,1-3H3. The molecule has 3 nitrogen and oxygen atoms in total. The third-order valence-electron chi connectivity index (χ3n) is 4.66. The lowest BCUT2D eigenvalue weighted by atomic mass is 9.75. The van der Waals surface area contributed by atoms with E-state index in [9.17, 15) is 0 Å². The Morgan fingerprint density at radius 2 is 2.00 bits per heavy atom. The summed E-state index contributed by atoms with van der Waals surface area (Å²) in [5.74, 6) is 0. The zero-order valence-electron chi connectivity index (χ0n) is 12.8. The Morgan fingerprint density at radius 1 is 1.35 bits per heavy atom. The fraction of sp³-hybridized carbons (Fsp3) is 0.588. The molecule has 3 heteroatoms. The minimum Gasteiger partial charge on any atom is -0.398 e. The summed E-state index contributed by atoms with van der Waals surface area (Å²) in [7, 11) is 2.16. The lowest BCUT2D eigenvalue weighted by Gasteiger charge is -2.39. The number of hydrogen-bond acceptors (Lipinski definition) is 3. The highest BCUT2D eigenvalue weighted by Crippen LogP contribution is 2.38. The summed E-state index contributed by atoms with van der Waals surface area (Å²) in [6, 6.07) is 8.84. The van der Waals surface area contributed by atoms with Crippen molar-refractivity contribution in [2.24, 2.45) is 5.41 Å². The first-order valence-corrected chi connectivity index (χ1v) is 7.41. The van der Waals surface area contributed by atoms with Crippen LogP contribution in [0.5, 0.6) is 0 Å². The summed E-state index contributed by atoms with van der Waals surface area (Å²) >= 11 is 0. The van der Waals surface area contributed by atoms with E-state index in [0.29, 0.717) is 23.6 Å². The van der Waals surface area contributed by atoms with Crippen LogP contribution in [0.2, 0.25) is 0 Å². The molecule has 0 aromatic heterocycles. The number of hydrogen-bond donors (Lipinski definition) is 1. The molecule has 2 rings (SSSR count). The molecule has 20 heavy (non-hydrogen) atoms. The van der Waals surface area contributed by atoms with Crippen molar-refractivity contribution >= 4 is 11.4 Å². The van der Waals surface area contributed by atoms with Crippen LogP contribution in [0.1, 0.15) is 45.1 Å². The number of nitrogens with zero attached hydrogens (tertiary/aromatic N) is 2. The average Bonchev–Trinajstić information content (AvgIpc) is 2.41. The zero-order chi connectivity index (χ0) is 14.8. The quantitative estimate of drug-likeness (QED) is 0.852. The van der Waals surface area contributed by atoms with Crippen LogP contribution >= 0.6 is 0 Å². The van der Waals surface area contributed by atoms with Crippen molar-refractivity contribution < 1.29 is 0 Å². The highest BCUT2D eigenvalue weighted by Gasteiger charge is 2.29.